The SMILES string of the molecule is Cc1cc(C(F)(F)F)cc(O)c1-c1ccc(NC2CNCC(F)C2)nn1. The van der Waals surface area contributed by atoms with Gasteiger partial charge in [-0.05, 0) is 36.8 Å². The van der Waals surface area contributed by atoms with Crippen molar-refractivity contribution in [3.8, 4) is 17.0 Å². The van der Waals surface area contributed by atoms with Crippen LogP contribution in [0.4, 0.5) is 23.4 Å². The summed E-state index contributed by atoms with van der Waals surface area (Å²) in [5.41, 5.74) is -0.234. The molecule has 0 radical (unpaired) electrons. The summed E-state index contributed by atoms with van der Waals surface area (Å²) < 4.78 is 51.8. The molecular formula is C17H18F4N4O. The predicted octanol–water partition coefficient (Wildman–Crippen LogP) is 3.29. The van der Waals surface area contributed by atoms with Gasteiger partial charge < -0.3 is 15.7 Å². The van der Waals surface area contributed by atoms with Crippen LogP contribution in [0.25, 0.3) is 11.3 Å². The number of halogens is 4. The highest BCUT2D eigenvalue weighted by atomic mass is 19.4. The highest BCUT2D eigenvalue weighted by Gasteiger charge is 2.32. The van der Waals surface area contributed by atoms with Gasteiger partial charge in [-0.3, -0.25) is 0 Å². The molecule has 0 bridgehead atoms. The summed E-state index contributed by atoms with van der Waals surface area (Å²) in [6.07, 6.45) is -5.11. The molecule has 1 saturated heterocycles. The number of alkyl halides is 4. The molecule has 2 unspecified atom stereocenters. The number of nitrogens with zero attached hydrogens (tertiary/aromatic N) is 2. The highest BCUT2D eigenvalue weighted by molar-refractivity contribution is 5.71. The minimum absolute atomic E-state index is 0.125. The lowest BCUT2D eigenvalue weighted by Crippen LogP contribution is -2.44. The van der Waals surface area contributed by atoms with Crippen LogP contribution in [0.2, 0.25) is 0 Å². The molecular weight excluding hydrogens is 352 g/mol. The molecule has 9 heteroatoms. The normalized spacial score (nSPS) is 20.8. The van der Waals surface area contributed by atoms with E-state index in [-0.39, 0.29) is 22.9 Å². The molecule has 1 fully saturated rings. The van der Waals surface area contributed by atoms with Gasteiger partial charge in [-0.15, -0.1) is 10.2 Å². The van der Waals surface area contributed by atoms with E-state index in [4.69, 9.17) is 0 Å². The fourth-order valence-electron chi connectivity index (χ4n) is 3.02. The second-order valence-corrected chi connectivity index (χ2v) is 6.32. The number of phenolic OH excluding ortho intramolecular Hbond substituents is 1. The first kappa shape index (κ1) is 18.4. The van der Waals surface area contributed by atoms with E-state index in [0.29, 0.717) is 31.4 Å². The van der Waals surface area contributed by atoms with Crippen molar-refractivity contribution in [2.24, 2.45) is 0 Å². The number of aromatic hydroxyl groups is 1. The van der Waals surface area contributed by atoms with Gasteiger partial charge in [0, 0.05) is 31.1 Å². The highest BCUT2D eigenvalue weighted by Crippen LogP contribution is 2.38. The molecule has 0 saturated carbocycles. The van der Waals surface area contributed by atoms with Crippen LogP contribution in [0, 0.1) is 6.92 Å². The third-order valence-corrected chi connectivity index (χ3v) is 4.21. The Morgan fingerprint density at radius 1 is 1.19 bits per heavy atom. The number of hydrogen-bond donors (Lipinski definition) is 3. The van der Waals surface area contributed by atoms with E-state index in [1.807, 2.05) is 0 Å². The number of anilines is 1. The van der Waals surface area contributed by atoms with Gasteiger partial charge in [0.1, 0.15) is 17.7 Å². The molecule has 26 heavy (non-hydrogen) atoms. The Labute approximate surface area is 147 Å². The minimum atomic E-state index is -4.54. The Hall–Kier alpha value is -2.42. The fraction of sp³-hybridized carbons (Fsp3) is 0.412. The van der Waals surface area contributed by atoms with Crippen molar-refractivity contribution in [3.05, 3.63) is 35.4 Å². The summed E-state index contributed by atoms with van der Waals surface area (Å²) in [4.78, 5) is 0. The lowest BCUT2D eigenvalue weighted by molar-refractivity contribution is -0.137. The van der Waals surface area contributed by atoms with Crippen LogP contribution in [0.1, 0.15) is 17.5 Å². The van der Waals surface area contributed by atoms with Crippen molar-refractivity contribution >= 4 is 5.82 Å². The van der Waals surface area contributed by atoms with Crippen LogP contribution in [-0.4, -0.2) is 40.6 Å². The Balaban J connectivity index is 1.80. The molecule has 1 aliphatic rings. The van der Waals surface area contributed by atoms with Crippen molar-refractivity contribution in [2.75, 3.05) is 18.4 Å². The minimum Gasteiger partial charge on any atom is -0.507 e. The zero-order valence-electron chi connectivity index (χ0n) is 13.9. The van der Waals surface area contributed by atoms with E-state index < -0.39 is 23.7 Å². The molecule has 0 aliphatic carbocycles. The number of nitrogens with one attached hydrogen (secondary N) is 2. The number of aromatic nitrogens is 2. The fourth-order valence-corrected chi connectivity index (χ4v) is 3.02. The Morgan fingerprint density at radius 3 is 2.54 bits per heavy atom. The van der Waals surface area contributed by atoms with Gasteiger partial charge in [0.25, 0.3) is 0 Å². The van der Waals surface area contributed by atoms with Gasteiger partial charge in [-0.25, -0.2) is 4.39 Å². The van der Waals surface area contributed by atoms with E-state index >= 15 is 0 Å². The standard InChI is InChI=1S/C17H18F4N4O/c1-9-4-10(17(19,20)21)5-14(26)16(9)13-2-3-15(25-24-13)23-12-6-11(18)7-22-8-12/h2-5,11-12,22,26H,6-8H2,1H3,(H,23,25). The van der Waals surface area contributed by atoms with E-state index in [1.165, 1.54) is 6.92 Å². The van der Waals surface area contributed by atoms with Gasteiger partial charge in [-0.1, -0.05) is 0 Å². The van der Waals surface area contributed by atoms with Crippen LogP contribution in [0.15, 0.2) is 24.3 Å². The van der Waals surface area contributed by atoms with E-state index in [0.717, 1.165) is 6.07 Å². The molecule has 1 aliphatic heterocycles. The van der Waals surface area contributed by atoms with Crippen LogP contribution < -0.4 is 10.6 Å². The third kappa shape index (κ3) is 4.04. The maximum absolute atomic E-state index is 13.4. The molecule has 1 aromatic heterocycles. The number of benzene rings is 1. The number of rotatable bonds is 3. The van der Waals surface area contributed by atoms with Gasteiger partial charge in [-0.2, -0.15) is 13.2 Å². The average molecular weight is 370 g/mol. The van der Waals surface area contributed by atoms with E-state index in [2.05, 4.69) is 20.8 Å². The molecule has 0 amide bonds. The van der Waals surface area contributed by atoms with Crippen LogP contribution >= 0.6 is 0 Å². The van der Waals surface area contributed by atoms with Gasteiger partial charge in [0.15, 0.2) is 0 Å². The summed E-state index contributed by atoms with van der Waals surface area (Å²) in [6.45, 7) is 2.39. The second-order valence-electron chi connectivity index (χ2n) is 6.32. The Kier molecular flexibility index (Phi) is 4.99. The third-order valence-electron chi connectivity index (χ3n) is 4.21. The van der Waals surface area contributed by atoms with Crippen molar-refractivity contribution in [3.63, 3.8) is 0 Å². The quantitative estimate of drug-likeness (QED) is 0.724. The Morgan fingerprint density at radius 2 is 1.96 bits per heavy atom. The average Bonchev–Trinajstić information content (AvgIpc) is 2.55. The summed E-state index contributed by atoms with van der Waals surface area (Å²) in [7, 11) is 0. The first-order chi connectivity index (χ1) is 12.2. The van der Waals surface area contributed by atoms with Crippen LogP contribution in [0.5, 0.6) is 5.75 Å². The number of phenols is 1. The lowest BCUT2D eigenvalue weighted by atomic mass is 10.0. The first-order valence-corrected chi connectivity index (χ1v) is 8.10. The molecule has 1 aromatic carbocycles. The zero-order valence-corrected chi connectivity index (χ0v) is 13.9. The predicted molar refractivity (Wildman–Crippen MR) is 88.7 cm³/mol. The number of aryl methyl sites for hydroxylation is 1. The van der Waals surface area contributed by atoms with E-state index in [9.17, 15) is 22.7 Å². The largest absolute Gasteiger partial charge is 0.507 e. The van der Waals surface area contributed by atoms with Crippen molar-refractivity contribution in [1.29, 1.82) is 0 Å². The maximum atomic E-state index is 13.4. The smallest absolute Gasteiger partial charge is 0.416 e. The topological polar surface area (TPSA) is 70.1 Å². The van der Waals surface area contributed by atoms with E-state index in [1.54, 1.807) is 12.1 Å². The first-order valence-electron chi connectivity index (χ1n) is 8.10. The summed E-state index contributed by atoms with van der Waals surface area (Å²) >= 11 is 0. The van der Waals surface area contributed by atoms with Crippen LogP contribution in [0.3, 0.4) is 0 Å². The molecule has 5 nitrogen and oxygen atoms in total. The summed E-state index contributed by atoms with van der Waals surface area (Å²) in [5.74, 6) is -0.0807. The van der Waals surface area contributed by atoms with Crippen molar-refractivity contribution in [2.45, 2.75) is 31.7 Å². The van der Waals surface area contributed by atoms with Gasteiger partial charge in [0.2, 0.25) is 0 Å². The van der Waals surface area contributed by atoms with Crippen molar-refractivity contribution in [1.82, 2.24) is 15.5 Å². The Bertz CT molecular complexity index is 756. The molecule has 2 atom stereocenters. The second kappa shape index (κ2) is 7.06. The lowest BCUT2D eigenvalue weighted by Gasteiger charge is -2.26. The van der Waals surface area contributed by atoms with Gasteiger partial charge in [0.05, 0.1) is 11.3 Å². The molecule has 0 spiro atoms. The molecule has 3 rings (SSSR count). The monoisotopic (exact) mass is 370 g/mol. The van der Waals surface area contributed by atoms with Gasteiger partial charge >= 0.3 is 6.18 Å². The number of hydrogen-bond acceptors (Lipinski definition) is 5. The molecule has 140 valence electrons. The van der Waals surface area contributed by atoms with Crippen LogP contribution in [-0.2, 0) is 6.18 Å². The summed E-state index contributed by atoms with van der Waals surface area (Å²) in [5, 5.41) is 24.0. The molecule has 3 N–H and O–H groups in total. The molecule has 2 heterocycles. The molecule has 2 aromatic rings. The summed E-state index contributed by atoms with van der Waals surface area (Å²) in [6, 6.07) is 4.65. The zero-order chi connectivity index (χ0) is 18.9. The van der Waals surface area contributed by atoms with Crippen molar-refractivity contribution < 1.29 is 22.7 Å². The number of piperidine rings is 1. The maximum Gasteiger partial charge on any atom is 0.416 e.